The fourth-order valence-electron chi connectivity index (χ4n) is 9.28. The zero-order valence-corrected chi connectivity index (χ0v) is 30.9. The van der Waals surface area contributed by atoms with Gasteiger partial charge in [-0.3, -0.25) is 4.40 Å². The zero-order valence-electron chi connectivity index (χ0n) is 30.9. The summed E-state index contributed by atoms with van der Waals surface area (Å²) in [4.78, 5) is 21.3. The van der Waals surface area contributed by atoms with Crippen LogP contribution < -0.4 is 0 Å². The van der Waals surface area contributed by atoms with Crippen LogP contribution in [0.3, 0.4) is 0 Å². The van der Waals surface area contributed by atoms with Crippen molar-refractivity contribution in [3.63, 3.8) is 0 Å². The molecule has 0 atom stereocenters. The van der Waals surface area contributed by atoms with Gasteiger partial charge in [-0.1, -0.05) is 140 Å². The van der Waals surface area contributed by atoms with E-state index in [0.29, 0.717) is 17.5 Å². The first kappa shape index (κ1) is 31.3. The number of aromatic nitrogens is 5. The molecule has 0 saturated carbocycles. The van der Waals surface area contributed by atoms with Gasteiger partial charge in [0.25, 0.3) is 0 Å². The lowest BCUT2D eigenvalue weighted by atomic mass is 9.93. The number of para-hydroxylation sites is 4. The maximum absolute atomic E-state index is 6.37. The molecule has 0 spiro atoms. The molecule has 13 rings (SSSR count). The third-order valence-electron chi connectivity index (χ3n) is 11.8. The van der Waals surface area contributed by atoms with E-state index < -0.39 is 0 Å². The maximum Gasteiger partial charge on any atom is 0.166 e. The number of hydrogen-bond donors (Lipinski definition) is 0. The van der Waals surface area contributed by atoms with Crippen LogP contribution in [-0.2, 0) is 0 Å². The Balaban J connectivity index is 1.16. The number of pyridine rings is 1. The van der Waals surface area contributed by atoms with Crippen LogP contribution in [0, 0.1) is 0 Å². The SMILES string of the molecule is c1ccc2c(c1)nc1c3ccccc3c3cccc(-c4nc(-c5ccc6c7ccccc7c7ccccc7c6c5)nc(-c5cccc6oc7ccccc7c56)n4)c3n21. The van der Waals surface area contributed by atoms with Gasteiger partial charge in [-0.15, -0.1) is 0 Å². The number of imidazole rings is 1. The summed E-state index contributed by atoms with van der Waals surface area (Å²) in [5, 5.41) is 12.5. The highest BCUT2D eigenvalue weighted by atomic mass is 16.3. The number of fused-ring (bicyclic) bond motifs is 17. The molecule has 6 nitrogen and oxygen atoms in total. The largest absolute Gasteiger partial charge is 0.456 e. The van der Waals surface area contributed by atoms with Crippen molar-refractivity contribution in [1.82, 2.24) is 24.3 Å². The Kier molecular flexibility index (Phi) is 6.35. The number of nitrogens with zero attached hydrogens (tertiary/aromatic N) is 5. The summed E-state index contributed by atoms with van der Waals surface area (Å²) < 4.78 is 8.65. The maximum atomic E-state index is 6.37. The van der Waals surface area contributed by atoms with E-state index in [4.69, 9.17) is 24.4 Å². The van der Waals surface area contributed by atoms with E-state index in [1.54, 1.807) is 0 Å². The number of hydrogen-bond acceptors (Lipinski definition) is 5. The lowest BCUT2D eigenvalue weighted by molar-refractivity contribution is 0.669. The van der Waals surface area contributed by atoms with E-state index in [-0.39, 0.29) is 0 Å². The Morgan fingerprint density at radius 1 is 0.362 bits per heavy atom. The summed E-state index contributed by atoms with van der Waals surface area (Å²) in [5.74, 6) is 1.74. The monoisotopic (exact) mass is 739 g/mol. The van der Waals surface area contributed by atoms with E-state index >= 15 is 0 Å². The molecule has 9 aromatic carbocycles. The average molecular weight is 740 g/mol. The van der Waals surface area contributed by atoms with Crippen LogP contribution >= 0.6 is 0 Å². The fraction of sp³-hybridized carbons (Fsp3) is 0. The van der Waals surface area contributed by atoms with Gasteiger partial charge >= 0.3 is 0 Å². The van der Waals surface area contributed by atoms with Gasteiger partial charge in [-0.25, -0.2) is 19.9 Å². The number of benzene rings is 9. The number of furan rings is 1. The third-order valence-corrected chi connectivity index (χ3v) is 11.8. The Hall–Kier alpha value is -7.96. The van der Waals surface area contributed by atoms with Gasteiger partial charge in [0.2, 0.25) is 0 Å². The first-order valence-corrected chi connectivity index (χ1v) is 19.5. The van der Waals surface area contributed by atoms with Gasteiger partial charge in [-0.05, 0) is 74.1 Å². The molecule has 0 aliphatic heterocycles. The molecule has 4 heterocycles. The summed E-state index contributed by atoms with van der Waals surface area (Å²) >= 11 is 0. The van der Waals surface area contributed by atoms with E-state index in [9.17, 15) is 0 Å². The highest BCUT2D eigenvalue weighted by molar-refractivity contribution is 6.26. The van der Waals surface area contributed by atoms with E-state index in [1.807, 2.05) is 36.4 Å². The number of rotatable bonds is 3. The molecule has 0 unspecified atom stereocenters. The summed E-state index contributed by atoms with van der Waals surface area (Å²) in [6.45, 7) is 0. The lowest BCUT2D eigenvalue weighted by Gasteiger charge is -2.15. The minimum absolute atomic E-state index is 0.574. The fourth-order valence-corrected chi connectivity index (χ4v) is 9.28. The van der Waals surface area contributed by atoms with Gasteiger partial charge < -0.3 is 4.42 Å². The molecule has 4 aromatic heterocycles. The van der Waals surface area contributed by atoms with E-state index in [0.717, 1.165) is 82.4 Å². The predicted molar refractivity (Wildman–Crippen MR) is 237 cm³/mol. The summed E-state index contributed by atoms with van der Waals surface area (Å²) in [5.41, 5.74) is 8.14. The van der Waals surface area contributed by atoms with Crippen molar-refractivity contribution in [3.8, 4) is 34.2 Å². The van der Waals surface area contributed by atoms with Gasteiger partial charge in [0.1, 0.15) is 16.8 Å². The quantitative estimate of drug-likeness (QED) is 0.169. The Labute approximate surface area is 330 Å². The van der Waals surface area contributed by atoms with Crippen molar-refractivity contribution >= 4 is 92.6 Å². The third kappa shape index (κ3) is 4.37. The average Bonchev–Trinajstić information content (AvgIpc) is 3.88. The van der Waals surface area contributed by atoms with Crippen molar-refractivity contribution in [3.05, 3.63) is 176 Å². The van der Waals surface area contributed by atoms with Crippen LogP contribution in [0.4, 0.5) is 0 Å². The Bertz CT molecular complexity index is 3840. The standard InChI is InChI=1S/C52H29N5O/c1-2-15-33-31(13-1)32-14-3-4-16-34(32)42-29-30(27-28-36(33)42)49-54-50(40-21-12-26-46-47(40)39-19-7-10-25-45(39)58-46)56-51(55-49)41-22-11-20-37-35-17-5-6-18-38(35)52-53-43-23-8-9-24-44(43)57(52)48(37)41/h1-29H. The molecule has 13 aromatic rings. The second kappa shape index (κ2) is 11.8. The van der Waals surface area contributed by atoms with Crippen LogP contribution in [0.1, 0.15) is 0 Å². The molecule has 0 bridgehead atoms. The molecule has 0 saturated heterocycles. The zero-order chi connectivity index (χ0) is 37.9. The Morgan fingerprint density at radius 3 is 1.67 bits per heavy atom. The molecule has 0 aliphatic rings. The van der Waals surface area contributed by atoms with Crippen molar-refractivity contribution in [2.45, 2.75) is 0 Å². The predicted octanol–water partition coefficient (Wildman–Crippen LogP) is 13.3. The van der Waals surface area contributed by atoms with Gasteiger partial charge in [0.05, 0.1) is 16.6 Å². The van der Waals surface area contributed by atoms with Crippen LogP contribution in [0.25, 0.3) is 127 Å². The molecule has 0 fully saturated rings. The molecule has 268 valence electrons. The van der Waals surface area contributed by atoms with Crippen molar-refractivity contribution in [2.24, 2.45) is 0 Å². The summed E-state index contributed by atoms with van der Waals surface area (Å²) in [7, 11) is 0. The molecule has 0 amide bonds. The molecule has 0 radical (unpaired) electrons. The molecule has 0 N–H and O–H groups in total. The Morgan fingerprint density at radius 2 is 0.897 bits per heavy atom. The van der Waals surface area contributed by atoms with Crippen LogP contribution in [-0.4, -0.2) is 24.3 Å². The van der Waals surface area contributed by atoms with Crippen molar-refractivity contribution in [1.29, 1.82) is 0 Å². The molecule has 58 heavy (non-hydrogen) atoms. The van der Waals surface area contributed by atoms with Crippen LogP contribution in [0.15, 0.2) is 180 Å². The first-order valence-electron chi connectivity index (χ1n) is 19.5. The minimum Gasteiger partial charge on any atom is -0.456 e. The van der Waals surface area contributed by atoms with Gasteiger partial charge in [-0.2, -0.15) is 0 Å². The normalized spacial score (nSPS) is 12.1. The van der Waals surface area contributed by atoms with E-state index in [2.05, 4.69) is 144 Å². The highest BCUT2D eigenvalue weighted by Crippen LogP contribution is 2.41. The van der Waals surface area contributed by atoms with Crippen LogP contribution in [0.5, 0.6) is 0 Å². The molecule has 0 aliphatic carbocycles. The molecule has 6 heteroatoms. The van der Waals surface area contributed by atoms with Crippen molar-refractivity contribution in [2.75, 3.05) is 0 Å². The summed E-state index contributed by atoms with van der Waals surface area (Å²) in [6.07, 6.45) is 0. The molecular weight excluding hydrogens is 711 g/mol. The molecular formula is C52H29N5O. The first-order chi connectivity index (χ1) is 28.8. The van der Waals surface area contributed by atoms with Crippen LogP contribution in [0.2, 0.25) is 0 Å². The van der Waals surface area contributed by atoms with Gasteiger partial charge in [0, 0.05) is 38.2 Å². The summed E-state index contributed by atoms with van der Waals surface area (Å²) in [6, 6.07) is 61.5. The minimum atomic E-state index is 0.574. The van der Waals surface area contributed by atoms with Gasteiger partial charge in [0.15, 0.2) is 17.5 Å². The van der Waals surface area contributed by atoms with E-state index in [1.165, 1.54) is 26.9 Å². The second-order valence-corrected chi connectivity index (χ2v) is 14.9. The topological polar surface area (TPSA) is 69.1 Å². The second-order valence-electron chi connectivity index (χ2n) is 14.9. The smallest absolute Gasteiger partial charge is 0.166 e. The lowest BCUT2D eigenvalue weighted by Crippen LogP contribution is -2.02. The highest BCUT2D eigenvalue weighted by Gasteiger charge is 2.22. The van der Waals surface area contributed by atoms with Crippen molar-refractivity contribution < 1.29 is 4.42 Å².